The van der Waals surface area contributed by atoms with Crippen LogP contribution >= 0.6 is 11.8 Å². The van der Waals surface area contributed by atoms with Crippen LogP contribution in [0.3, 0.4) is 0 Å². The van der Waals surface area contributed by atoms with Gasteiger partial charge in [0, 0.05) is 30.1 Å². The molecule has 2 aliphatic rings. The number of benzene rings is 1. The van der Waals surface area contributed by atoms with Crippen LogP contribution in [0.15, 0.2) is 23.1 Å². The molecule has 1 aromatic rings. The van der Waals surface area contributed by atoms with E-state index >= 15 is 0 Å². The number of ether oxygens (including phenoxy) is 2. The van der Waals surface area contributed by atoms with Crippen LogP contribution in [0.4, 0.5) is 0 Å². The predicted octanol–water partition coefficient (Wildman–Crippen LogP) is 3.42. The number of nitrogens with one attached hydrogen (secondary N) is 1. The van der Waals surface area contributed by atoms with E-state index in [1.807, 2.05) is 18.2 Å². The minimum Gasteiger partial charge on any atom is -0.486 e. The Hall–Kier alpha value is -1.40. The summed E-state index contributed by atoms with van der Waals surface area (Å²) < 4.78 is 11.1. The topological polar surface area (TPSA) is 50.8 Å². The highest BCUT2D eigenvalue weighted by Crippen LogP contribution is 2.34. The van der Waals surface area contributed by atoms with Crippen LogP contribution in [0.25, 0.3) is 0 Å². The first kappa shape index (κ1) is 20.3. The normalized spacial score (nSPS) is 23.1. The summed E-state index contributed by atoms with van der Waals surface area (Å²) in [7, 11) is 0. The molecule has 2 heterocycles. The number of piperidine rings is 1. The number of likely N-dealkylation sites (tertiary alicyclic amines) is 1. The van der Waals surface area contributed by atoms with Crippen LogP contribution in [0, 0.1) is 11.8 Å². The number of rotatable bonds is 6. The third-order valence-corrected chi connectivity index (χ3v) is 6.32. The monoisotopic (exact) mass is 392 g/mol. The molecule has 0 saturated carbocycles. The summed E-state index contributed by atoms with van der Waals surface area (Å²) in [5, 5.41) is 3.13. The van der Waals surface area contributed by atoms with Crippen molar-refractivity contribution in [2.75, 3.05) is 38.6 Å². The highest BCUT2D eigenvalue weighted by atomic mass is 32.2. The van der Waals surface area contributed by atoms with Crippen molar-refractivity contribution >= 4 is 17.7 Å². The first-order valence-electron chi connectivity index (χ1n) is 9.87. The second-order valence-electron chi connectivity index (χ2n) is 8.53. The fourth-order valence-electron chi connectivity index (χ4n) is 3.90. The van der Waals surface area contributed by atoms with E-state index < -0.39 is 0 Å². The molecule has 150 valence electrons. The third-order valence-electron chi connectivity index (χ3n) is 5.33. The third kappa shape index (κ3) is 5.55. The van der Waals surface area contributed by atoms with Gasteiger partial charge in [0.25, 0.3) is 0 Å². The van der Waals surface area contributed by atoms with Crippen molar-refractivity contribution in [2.24, 2.45) is 11.8 Å². The second kappa shape index (κ2) is 8.74. The van der Waals surface area contributed by atoms with Gasteiger partial charge >= 0.3 is 0 Å². The molecule has 0 radical (unpaired) electrons. The molecule has 0 aromatic heterocycles. The molecule has 27 heavy (non-hydrogen) atoms. The fourth-order valence-corrected chi connectivity index (χ4v) is 4.65. The van der Waals surface area contributed by atoms with E-state index in [2.05, 4.69) is 37.9 Å². The molecule has 1 saturated heterocycles. The highest BCUT2D eigenvalue weighted by molar-refractivity contribution is 8.00. The average molecular weight is 393 g/mol. The lowest BCUT2D eigenvalue weighted by Gasteiger charge is -2.45. The van der Waals surface area contributed by atoms with Crippen LogP contribution in [0.2, 0.25) is 0 Å². The van der Waals surface area contributed by atoms with E-state index in [0.29, 0.717) is 25.5 Å². The molecule has 2 atom stereocenters. The Labute approximate surface area is 167 Å². The van der Waals surface area contributed by atoms with Crippen LogP contribution in [0.5, 0.6) is 11.5 Å². The summed E-state index contributed by atoms with van der Waals surface area (Å²) >= 11 is 1.53. The molecule has 1 amide bonds. The van der Waals surface area contributed by atoms with Crippen LogP contribution < -0.4 is 14.8 Å². The van der Waals surface area contributed by atoms with Gasteiger partial charge in [-0.25, -0.2) is 0 Å². The average Bonchev–Trinajstić information content (AvgIpc) is 2.64. The Balaban J connectivity index is 1.46. The summed E-state index contributed by atoms with van der Waals surface area (Å²) in [6.45, 7) is 13.2. The quantitative estimate of drug-likeness (QED) is 0.752. The molecule has 2 unspecified atom stereocenters. The predicted molar refractivity (Wildman–Crippen MR) is 110 cm³/mol. The van der Waals surface area contributed by atoms with Crippen molar-refractivity contribution in [3.05, 3.63) is 18.2 Å². The smallest absolute Gasteiger partial charge is 0.230 e. The zero-order valence-electron chi connectivity index (χ0n) is 16.9. The van der Waals surface area contributed by atoms with Gasteiger partial charge in [-0.1, -0.05) is 13.8 Å². The fraction of sp³-hybridized carbons (Fsp3) is 0.667. The number of nitrogens with zero attached hydrogens (tertiary/aromatic N) is 1. The Morgan fingerprint density at radius 1 is 1.19 bits per heavy atom. The molecule has 1 fully saturated rings. The number of thioether (sulfide) groups is 1. The van der Waals surface area contributed by atoms with Crippen molar-refractivity contribution in [2.45, 2.75) is 44.6 Å². The van der Waals surface area contributed by atoms with Crippen molar-refractivity contribution in [3.63, 3.8) is 0 Å². The molecular weight excluding hydrogens is 360 g/mol. The minimum atomic E-state index is -0.0275. The first-order chi connectivity index (χ1) is 12.8. The van der Waals surface area contributed by atoms with Gasteiger partial charge in [0.2, 0.25) is 5.91 Å². The Bertz CT molecular complexity index is 655. The maximum absolute atomic E-state index is 12.4. The Kier molecular flexibility index (Phi) is 6.58. The number of fused-ring (bicyclic) bond motifs is 1. The summed E-state index contributed by atoms with van der Waals surface area (Å²) in [5.74, 6) is 3.45. The van der Waals surface area contributed by atoms with Gasteiger partial charge in [0.05, 0.1) is 5.75 Å². The molecule has 3 rings (SSSR count). The minimum absolute atomic E-state index is 0.0275. The first-order valence-corrected chi connectivity index (χ1v) is 10.9. The van der Waals surface area contributed by atoms with Crippen molar-refractivity contribution in [1.82, 2.24) is 10.2 Å². The lowest BCUT2D eigenvalue weighted by Crippen LogP contribution is -2.56. The van der Waals surface area contributed by atoms with Crippen LogP contribution in [-0.2, 0) is 4.79 Å². The zero-order chi connectivity index (χ0) is 19.4. The number of carbonyl (C=O) groups excluding carboxylic acids is 1. The molecule has 2 aliphatic heterocycles. The molecule has 0 bridgehead atoms. The number of carbonyl (C=O) groups is 1. The van der Waals surface area contributed by atoms with Crippen LogP contribution in [0.1, 0.15) is 34.1 Å². The van der Waals surface area contributed by atoms with Gasteiger partial charge in [-0.05, 0) is 50.3 Å². The Morgan fingerprint density at radius 3 is 2.56 bits per heavy atom. The Morgan fingerprint density at radius 2 is 1.85 bits per heavy atom. The molecule has 6 heteroatoms. The lowest BCUT2D eigenvalue weighted by molar-refractivity contribution is -0.119. The van der Waals surface area contributed by atoms with E-state index in [-0.39, 0.29) is 11.4 Å². The SMILES string of the molecule is CC1CC(C)CN(C(C)(C)CNC(=O)CSc2ccc3c(c2)OCCO3)C1. The van der Waals surface area contributed by atoms with Crippen LogP contribution in [-0.4, -0.2) is 54.9 Å². The largest absolute Gasteiger partial charge is 0.486 e. The van der Waals surface area contributed by atoms with E-state index in [1.165, 1.54) is 18.2 Å². The maximum atomic E-state index is 12.4. The standard InChI is InChI=1S/C21H32N2O3S/c1-15-9-16(2)12-23(11-15)21(3,4)14-22-20(24)13-27-17-5-6-18-19(10-17)26-8-7-25-18/h5-6,10,15-16H,7-9,11-14H2,1-4H3,(H,22,24). The number of amides is 1. The van der Waals surface area contributed by atoms with Gasteiger partial charge < -0.3 is 14.8 Å². The van der Waals surface area contributed by atoms with Gasteiger partial charge in [0.15, 0.2) is 11.5 Å². The van der Waals surface area contributed by atoms with E-state index in [9.17, 15) is 4.79 Å². The number of hydrogen-bond acceptors (Lipinski definition) is 5. The van der Waals surface area contributed by atoms with Gasteiger partial charge in [-0.2, -0.15) is 0 Å². The van der Waals surface area contributed by atoms with Gasteiger partial charge in [-0.15, -0.1) is 11.8 Å². The summed E-state index contributed by atoms with van der Waals surface area (Å²) in [6.07, 6.45) is 1.30. The molecule has 1 N–H and O–H groups in total. The summed E-state index contributed by atoms with van der Waals surface area (Å²) in [5.41, 5.74) is -0.0275. The lowest BCUT2D eigenvalue weighted by atomic mass is 9.88. The zero-order valence-corrected chi connectivity index (χ0v) is 17.7. The van der Waals surface area contributed by atoms with Gasteiger partial charge in [0.1, 0.15) is 13.2 Å². The molecule has 1 aromatic carbocycles. The van der Waals surface area contributed by atoms with E-state index in [0.717, 1.165) is 41.3 Å². The molecular formula is C21H32N2O3S. The summed E-state index contributed by atoms with van der Waals surface area (Å²) in [6, 6.07) is 5.84. The molecule has 5 nitrogen and oxygen atoms in total. The summed E-state index contributed by atoms with van der Waals surface area (Å²) in [4.78, 5) is 15.9. The molecule has 0 aliphatic carbocycles. The number of hydrogen-bond donors (Lipinski definition) is 1. The molecule has 0 spiro atoms. The van der Waals surface area contributed by atoms with Crippen molar-refractivity contribution in [3.8, 4) is 11.5 Å². The second-order valence-corrected chi connectivity index (χ2v) is 9.58. The maximum Gasteiger partial charge on any atom is 0.230 e. The van der Waals surface area contributed by atoms with Crippen molar-refractivity contribution in [1.29, 1.82) is 0 Å². The van der Waals surface area contributed by atoms with E-state index in [1.54, 1.807) is 0 Å². The van der Waals surface area contributed by atoms with E-state index in [4.69, 9.17) is 9.47 Å². The highest BCUT2D eigenvalue weighted by Gasteiger charge is 2.32. The van der Waals surface area contributed by atoms with Crippen molar-refractivity contribution < 1.29 is 14.3 Å². The van der Waals surface area contributed by atoms with Gasteiger partial charge in [-0.3, -0.25) is 9.69 Å².